The zero-order valence-corrected chi connectivity index (χ0v) is 15.5. The van der Waals surface area contributed by atoms with Gasteiger partial charge in [-0.3, -0.25) is 14.6 Å². The van der Waals surface area contributed by atoms with Gasteiger partial charge in [-0.05, 0) is 30.2 Å². The van der Waals surface area contributed by atoms with Gasteiger partial charge in [-0.1, -0.05) is 23.7 Å². The number of nitrogens with zero attached hydrogens (tertiary/aromatic N) is 2. The van der Waals surface area contributed by atoms with E-state index in [1.807, 2.05) is 12.1 Å². The van der Waals surface area contributed by atoms with E-state index in [2.05, 4.69) is 4.98 Å². The molecule has 1 aliphatic rings. The fourth-order valence-electron chi connectivity index (χ4n) is 2.69. The maximum absolute atomic E-state index is 12.5. The molecule has 1 fully saturated rings. The molecule has 8 heteroatoms. The highest BCUT2D eigenvalue weighted by molar-refractivity contribution is 6.30. The second kappa shape index (κ2) is 9.04. The molecule has 1 amide bonds. The molecule has 1 aromatic heterocycles. The summed E-state index contributed by atoms with van der Waals surface area (Å²) >= 11 is 5.88. The largest absolute Gasteiger partial charge is 0.481 e. The van der Waals surface area contributed by atoms with Crippen molar-refractivity contribution in [3.05, 3.63) is 53.3 Å². The molecule has 134 valence electrons. The van der Waals surface area contributed by atoms with Gasteiger partial charge < -0.3 is 10.0 Å². The number of pyridine rings is 1. The van der Waals surface area contributed by atoms with Crippen molar-refractivity contribution in [3.63, 3.8) is 0 Å². The summed E-state index contributed by atoms with van der Waals surface area (Å²) in [6.07, 6.45) is 3.69. The monoisotopic (exact) mass is 402 g/mol. The van der Waals surface area contributed by atoms with Crippen molar-refractivity contribution in [1.82, 2.24) is 9.88 Å². The number of carboxylic acid groups (broad SMARTS) is 1. The van der Waals surface area contributed by atoms with Crippen LogP contribution in [-0.4, -0.2) is 40.0 Å². The second-order valence-electron chi connectivity index (χ2n) is 5.54. The van der Waals surface area contributed by atoms with E-state index in [1.165, 1.54) is 6.20 Å². The van der Waals surface area contributed by atoms with Gasteiger partial charge >= 0.3 is 5.97 Å². The van der Waals surface area contributed by atoms with E-state index in [0.29, 0.717) is 23.6 Å². The molecule has 1 aliphatic heterocycles. The third-order valence-electron chi connectivity index (χ3n) is 3.99. The Kier molecular flexibility index (Phi) is 7.67. The lowest BCUT2D eigenvalue weighted by Gasteiger charge is -2.16. The van der Waals surface area contributed by atoms with Crippen LogP contribution in [0, 0.1) is 5.92 Å². The molecular weight excluding hydrogens is 387 g/mol. The molecule has 0 saturated carbocycles. The summed E-state index contributed by atoms with van der Waals surface area (Å²) in [5.74, 6) is -1.52. The van der Waals surface area contributed by atoms with Crippen molar-refractivity contribution in [1.29, 1.82) is 0 Å². The minimum atomic E-state index is -0.853. The number of carboxylic acids is 1. The van der Waals surface area contributed by atoms with E-state index >= 15 is 0 Å². The molecular formula is C17H17Cl3N2O3. The molecule has 0 bridgehead atoms. The topological polar surface area (TPSA) is 70.5 Å². The van der Waals surface area contributed by atoms with Crippen molar-refractivity contribution in [2.24, 2.45) is 5.92 Å². The summed E-state index contributed by atoms with van der Waals surface area (Å²) in [5, 5.41) is 9.68. The number of halogens is 3. The number of hydrogen-bond donors (Lipinski definition) is 1. The Morgan fingerprint density at radius 2 is 1.80 bits per heavy atom. The van der Waals surface area contributed by atoms with Crippen LogP contribution in [0.5, 0.6) is 0 Å². The van der Waals surface area contributed by atoms with E-state index in [-0.39, 0.29) is 37.3 Å². The molecule has 3 rings (SSSR count). The van der Waals surface area contributed by atoms with E-state index in [1.54, 1.807) is 29.3 Å². The molecule has 25 heavy (non-hydrogen) atoms. The maximum atomic E-state index is 12.5. The fraction of sp³-hybridized carbons (Fsp3) is 0.235. The lowest BCUT2D eigenvalue weighted by molar-refractivity contribution is -0.141. The van der Waals surface area contributed by atoms with Gasteiger partial charge in [0.2, 0.25) is 0 Å². The van der Waals surface area contributed by atoms with E-state index in [0.717, 1.165) is 11.1 Å². The Morgan fingerprint density at radius 1 is 1.12 bits per heavy atom. The quantitative estimate of drug-likeness (QED) is 0.846. The number of aromatic nitrogens is 1. The van der Waals surface area contributed by atoms with E-state index in [4.69, 9.17) is 16.7 Å². The molecule has 0 radical (unpaired) electrons. The van der Waals surface area contributed by atoms with Crippen LogP contribution in [0.15, 0.2) is 42.7 Å². The van der Waals surface area contributed by atoms with Crippen molar-refractivity contribution in [2.45, 2.75) is 6.42 Å². The molecule has 1 N–H and O–H groups in total. The molecule has 0 aliphatic carbocycles. The normalized spacial score (nSPS) is 15.9. The maximum Gasteiger partial charge on any atom is 0.308 e. The first-order valence-electron chi connectivity index (χ1n) is 7.27. The molecule has 1 atom stereocenters. The highest BCUT2D eigenvalue weighted by atomic mass is 35.5. The van der Waals surface area contributed by atoms with E-state index < -0.39 is 11.9 Å². The van der Waals surface area contributed by atoms with Gasteiger partial charge in [-0.15, -0.1) is 24.8 Å². The van der Waals surface area contributed by atoms with Crippen LogP contribution in [0.2, 0.25) is 5.02 Å². The number of aliphatic carboxylic acids is 1. The van der Waals surface area contributed by atoms with Crippen molar-refractivity contribution < 1.29 is 14.7 Å². The summed E-state index contributed by atoms with van der Waals surface area (Å²) < 4.78 is 0. The summed E-state index contributed by atoms with van der Waals surface area (Å²) in [6, 6.07) is 9.06. The van der Waals surface area contributed by atoms with Crippen LogP contribution in [0.3, 0.4) is 0 Å². The predicted octanol–water partition coefficient (Wildman–Crippen LogP) is 3.79. The zero-order chi connectivity index (χ0) is 16.4. The summed E-state index contributed by atoms with van der Waals surface area (Å²) in [4.78, 5) is 29.2. The Bertz CT molecular complexity index is 753. The second-order valence-corrected chi connectivity index (χ2v) is 5.98. The standard InChI is InChI=1S/C17H15ClN2O3.2ClH/c18-15-3-1-11(2-4-15)13-7-14(9-19-8-13)16(21)20-6-5-12(10-20)17(22)23;;/h1-4,7-9,12H,5-6,10H2,(H,22,23);2*1H. The van der Waals surface area contributed by atoms with Crippen LogP contribution in [0.4, 0.5) is 0 Å². The third kappa shape index (κ3) is 4.84. The minimum absolute atomic E-state index is 0. The zero-order valence-electron chi connectivity index (χ0n) is 13.1. The fourth-order valence-corrected chi connectivity index (χ4v) is 2.81. The number of carbonyl (C=O) groups excluding carboxylic acids is 1. The SMILES string of the molecule is Cl.Cl.O=C(O)C1CCN(C(=O)c2cncc(-c3ccc(Cl)cc3)c2)C1. The number of likely N-dealkylation sites (tertiary alicyclic amines) is 1. The van der Waals surface area contributed by atoms with Crippen molar-refractivity contribution >= 4 is 48.3 Å². The highest BCUT2D eigenvalue weighted by Gasteiger charge is 2.31. The van der Waals surface area contributed by atoms with Crippen LogP contribution >= 0.6 is 36.4 Å². The summed E-state index contributed by atoms with van der Waals surface area (Å²) in [7, 11) is 0. The average molecular weight is 404 g/mol. The number of amides is 1. The lowest BCUT2D eigenvalue weighted by atomic mass is 10.1. The van der Waals surface area contributed by atoms with Gasteiger partial charge in [0.25, 0.3) is 5.91 Å². The Balaban J connectivity index is 0.00000156. The van der Waals surface area contributed by atoms with Crippen LogP contribution in [0.1, 0.15) is 16.8 Å². The summed E-state index contributed by atoms with van der Waals surface area (Å²) in [6.45, 7) is 0.709. The minimum Gasteiger partial charge on any atom is -0.481 e. The number of benzene rings is 1. The number of hydrogen-bond acceptors (Lipinski definition) is 3. The van der Waals surface area contributed by atoms with Gasteiger partial charge in [0, 0.05) is 36.1 Å². The number of rotatable bonds is 3. The van der Waals surface area contributed by atoms with Crippen molar-refractivity contribution in [2.75, 3.05) is 13.1 Å². The molecule has 1 unspecified atom stereocenters. The molecule has 2 aromatic rings. The van der Waals surface area contributed by atoms with E-state index in [9.17, 15) is 9.59 Å². The molecule has 0 spiro atoms. The van der Waals surface area contributed by atoms with Crippen molar-refractivity contribution in [3.8, 4) is 11.1 Å². The first-order valence-corrected chi connectivity index (χ1v) is 7.65. The summed E-state index contributed by atoms with van der Waals surface area (Å²) in [5.41, 5.74) is 2.20. The smallest absolute Gasteiger partial charge is 0.308 e. The first-order chi connectivity index (χ1) is 11.0. The van der Waals surface area contributed by atoms with Crippen LogP contribution in [-0.2, 0) is 4.79 Å². The Hall–Kier alpha value is -1.82. The highest BCUT2D eigenvalue weighted by Crippen LogP contribution is 2.23. The van der Waals surface area contributed by atoms with Gasteiger partial charge in [-0.25, -0.2) is 0 Å². The van der Waals surface area contributed by atoms with Gasteiger partial charge in [-0.2, -0.15) is 0 Å². The van der Waals surface area contributed by atoms with Gasteiger partial charge in [0.05, 0.1) is 11.5 Å². The molecule has 5 nitrogen and oxygen atoms in total. The lowest BCUT2D eigenvalue weighted by Crippen LogP contribution is -2.30. The average Bonchev–Trinajstić information content (AvgIpc) is 3.05. The van der Waals surface area contributed by atoms with Crippen LogP contribution < -0.4 is 0 Å². The van der Waals surface area contributed by atoms with Gasteiger partial charge in [0.15, 0.2) is 0 Å². The first kappa shape index (κ1) is 21.2. The van der Waals surface area contributed by atoms with Gasteiger partial charge in [0.1, 0.15) is 0 Å². The molecule has 1 saturated heterocycles. The third-order valence-corrected chi connectivity index (χ3v) is 4.24. The Morgan fingerprint density at radius 3 is 2.40 bits per heavy atom. The van der Waals surface area contributed by atoms with Crippen LogP contribution in [0.25, 0.3) is 11.1 Å². The Labute approximate surface area is 162 Å². The number of carbonyl (C=O) groups is 2. The molecule has 1 aromatic carbocycles. The predicted molar refractivity (Wildman–Crippen MR) is 101 cm³/mol. The molecule has 2 heterocycles.